The van der Waals surface area contributed by atoms with Crippen LogP contribution in [0.2, 0.25) is 10.0 Å². The number of hydrogen-bond acceptors (Lipinski definition) is 2. The Bertz CT molecular complexity index is 453. The summed E-state index contributed by atoms with van der Waals surface area (Å²) in [6.45, 7) is 0.384. The van der Waals surface area contributed by atoms with Gasteiger partial charge >= 0.3 is 0 Å². The van der Waals surface area contributed by atoms with Crippen LogP contribution in [0.3, 0.4) is 0 Å². The van der Waals surface area contributed by atoms with Gasteiger partial charge in [0, 0.05) is 17.5 Å². The van der Waals surface area contributed by atoms with Crippen molar-refractivity contribution in [3.05, 3.63) is 33.8 Å². The summed E-state index contributed by atoms with van der Waals surface area (Å²) in [5.41, 5.74) is 5.94. The van der Waals surface area contributed by atoms with E-state index >= 15 is 0 Å². The first-order valence-corrected chi connectivity index (χ1v) is 7.05. The lowest BCUT2D eigenvalue weighted by Gasteiger charge is -2.35. The molecule has 1 aliphatic carbocycles. The third-order valence-corrected chi connectivity index (χ3v) is 4.70. The van der Waals surface area contributed by atoms with Gasteiger partial charge in [0.05, 0.1) is 10.0 Å². The Balaban J connectivity index is 2.37. The number of hydrogen-bond donors (Lipinski definition) is 1. The molecule has 0 unspecified atom stereocenters. The van der Waals surface area contributed by atoms with Gasteiger partial charge in [-0.1, -0.05) is 48.5 Å². The fraction of sp³-hybridized carbons (Fsp3) is 0.500. The molecule has 0 radical (unpaired) electrons. The van der Waals surface area contributed by atoms with E-state index in [2.05, 4.69) is 0 Å². The zero-order chi connectivity index (χ0) is 13.2. The number of nitrogens with two attached hydrogens (primary N) is 1. The highest BCUT2D eigenvalue weighted by Crippen LogP contribution is 2.40. The minimum atomic E-state index is -0.438. The Morgan fingerprint density at radius 3 is 2.50 bits per heavy atom. The molecular formula is C14H17Cl2NO. The third-order valence-electron chi connectivity index (χ3n) is 3.88. The van der Waals surface area contributed by atoms with Crippen LogP contribution in [-0.4, -0.2) is 12.3 Å². The molecule has 98 valence electrons. The highest BCUT2D eigenvalue weighted by Gasteiger charge is 2.39. The molecule has 0 aromatic heterocycles. The number of Topliss-reactive ketones (excluding diaryl/α,β-unsaturated/α-hetero) is 1. The summed E-state index contributed by atoms with van der Waals surface area (Å²) in [5, 5.41) is 0.771. The van der Waals surface area contributed by atoms with E-state index < -0.39 is 5.41 Å². The van der Waals surface area contributed by atoms with Crippen molar-refractivity contribution >= 4 is 29.0 Å². The van der Waals surface area contributed by atoms with Crippen LogP contribution in [0.5, 0.6) is 0 Å². The number of benzene rings is 1. The summed E-state index contributed by atoms with van der Waals surface area (Å²) in [6.07, 6.45) is 5.00. The first kappa shape index (κ1) is 13.9. The minimum absolute atomic E-state index is 0.0530. The third kappa shape index (κ3) is 2.42. The Morgan fingerprint density at radius 2 is 1.89 bits per heavy atom. The lowest BCUT2D eigenvalue weighted by molar-refractivity contribution is 0.0729. The maximum absolute atomic E-state index is 12.7. The summed E-state index contributed by atoms with van der Waals surface area (Å²) < 4.78 is 0. The molecule has 0 saturated heterocycles. The Morgan fingerprint density at radius 1 is 1.22 bits per heavy atom. The molecule has 1 aromatic carbocycles. The van der Waals surface area contributed by atoms with Crippen molar-refractivity contribution in [1.29, 1.82) is 0 Å². The first-order valence-electron chi connectivity index (χ1n) is 6.30. The van der Waals surface area contributed by atoms with Gasteiger partial charge in [-0.3, -0.25) is 4.79 Å². The molecule has 18 heavy (non-hydrogen) atoms. The highest BCUT2D eigenvalue weighted by atomic mass is 35.5. The van der Waals surface area contributed by atoms with Gasteiger partial charge in [0.2, 0.25) is 0 Å². The van der Waals surface area contributed by atoms with Crippen LogP contribution in [-0.2, 0) is 0 Å². The van der Waals surface area contributed by atoms with E-state index in [0.29, 0.717) is 22.2 Å². The predicted octanol–water partition coefficient (Wildman–Crippen LogP) is 4.09. The van der Waals surface area contributed by atoms with Gasteiger partial charge in [-0.05, 0) is 25.0 Å². The van der Waals surface area contributed by atoms with Crippen LogP contribution < -0.4 is 5.73 Å². The van der Waals surface area contributed by atoms with Gasteiger partial charge in [-0.2, -0.15) is 0 Å². The molecule has 2 N–H and O–H groups in total. The smallest absolute Gasteiger partial charge is 0.171 e. The quantitative estimate of drug-likeness (QED) is 0.850. The van der Waals surface area contributed by atoms with Crippen molar-refractivity contribution in [3.8, 4) is 0 Å². The fourth-order valence-corrected chi connectivity index (χ4v) is 3.10. The topological polar surface area (TPSA) is 43.1 Å². The Labute approximate surface area is 117 Å². The summed E-state index contributed by atoms with van der Waals surface area (Å²) >= 11 is 12.1. The van der Waals surface area contributed by atoms with Crippen molar-refractivity contribution in [1.82, 2.24) is 0 Å². The molecule has 0 aliphatic heterocycles. The largest absolute Gasteiger partial charge is 0.329 e. The molecule has 1 aliphatic rings. The number of carbonyl (C=O) groups is 1. The minimum Gasteiger partial charge on any atom is -0.329 e. The molecule has 0 spiro atoms. The lowest BCUT2D eigenvalue weighted by atomic mass is 9.69. The van der Waals surface area contributed by atoms with Crippen molar-refractivity contribution in [2.75, 3.05) is 6.54 Å². The number of carbonyl (C=O) groups excluding carboxylic acids is 1. The van der Waals surface area contributed by atoms with Gasteiger partial charge in [0.15, 0.2) is 5.78 Å². The average molecular weight is 286 g/mol. The molecular weight excluding hydrogens is 269 g/mol. The molecule has 0 atom stereocenters. The van der Waals surface area contributed by atoms with Gasteiger partial charge in [0.25, 0.3) is 0 Å². The van der Waals surface area contributed by atoms with Crippen molar-refractivity contribution in [2.45, 2.75) is 32.1 Å². The van der Waals surface area contributed by atoms with Crippen LogP contribution in [0, 0.1) is 5.41 Å². The van der Waals surface area contributed by atoms with Gasteiger partial charge in [-0.15, -0.1) is 0 Å². The summed E-state index contributed by atoms with van der Waals surface area (Å²) in [5.74, 6) is 0.0530. The van der Waals surface area contributed by atoms with Crippen molar-refractivity contribution in [2.24, 2.45) is 11.1 Å². The highest BCUT2D eigenvalue weighted by molar-refractivity contribution is 6.44. The molecule has 2 rings (SSSR count). The van der Waals surface area contributed by atoms with E-state index in [1.165, 1.54) is 6.42 Å². The number of halogens is 2. The van der Waals surface area contributed by atoms with Crippen LogP contribution in [0.25, 0.3) is 0 Å². The molecule has 0 bridgehead atoms. The monoisotopic (exact) mass is 285 g/mol. The molecule has 4 heteroatoms. The van der Waals surface area contributed by atoms with Crippen LogP contribution in [0.4, 0.5) is 0 Å². The molecule has 2 nitrogen and oxygen atoms in total. The van der Waals surface area contributed by atoms with E-state index in [1.807, 2.05) is 0 Å². The molecule has 0 heterocycles. The van der Waals surface area contributed by atoms with Gasteiger partial charge in [0.1, 0.15) is 0 Å². The molecule has 1 fully saturated rings. The van der Waals surface area contributed by atoms with E-state index in [0.717, 1.165) is 25.7 Å². The van der Waals surface area contributed by atoms with E-state index in [1.54, 1.807) is 18.2 Å². The van der Waals surface area contributed by atoms with E-state index in [4.69, 9.17) is 28.9 Å². The summed E-state index contributed by atoms with van der Waals surface area (Å²) in [6, 6.07) is 5.19. The SMILES string of the molecule is NCC1(C(=O)c2cccc(Cl)c2Cl)CCCCC1. The Hall–Kier alpha value is -0.570. The average Bonchev–Trinajstić information content (AvgIpc) is 2.42. The zero-order valence-corrected chi connectivity index (χ0v) is 11.7. The normalized spacial score (nSPS) is 18.6. The molecule has 1 saturated carbocycles. The number of ketones is 1. The Kier molecular flexibility index (Phi) is 4.31. The predicted molar refractivity (Wildman–Crippen MR) is 75.4 cm³/mol. The first-order chi connectivity index (χ1) is 8.60. The maximum Gasteiger partial charge on any atom is 0.171 e. The second-order valence-corrected chi connectivity index (χ2v) is 5.76. The van der Waals surface area contributed by atoms with Crippen LogP contribution >= 0.6 is 23.2 Å². The maximum atomic E-state index is 12.7. The van der Waals surface area contributed by atoms with Gasteiger partial charge in [-0.25, -0.2) is 0 Å². The summed E-state index contributed by atoms with van der Waals surface area (Å²) in [7, 11) is 0. The van der Waals surface area contributed by atoms with Crippen LogP contribution in [0.1, 0.15) is 42.5 Å². The van der Waals surface area contributed by atoms with Gasteiger partial charge < -0.3 is 5.73 Å². The zero-order valence-electron chi connectivity index (χ0n) is 10.2. The second-order valence-electron chi connectivity index (χ2n) is 4.98. The van der Waals surface area contributed by atoms with Crippen molar-refractivity contribution < 1.29 is 4.79 Å². The summed E-state index contributed by atoms with van der Waals surface area (Å²) in [4.78, 5) is 12.7. The molecule has 0 amide bonds. The number of rotatable bonds is 3. The van der Waals surface area contributed by atoms with Crippen molar-refractivity contribution in [3.63, 3.8) is 0 Å². The van der Waals surface area contributed by atoms with E-state index in [9.17, 15) is 4.79 Å². The lowest BCUT2D eigenvalue weighted by Crippen LogP contribution is -2.40. The standard InChI is InChI=1S/C14H17Cl2NO/c15-11-6-4-5-10(12(11)16)13(18)14(9-17)7-2-1-3-8-14/h4-6H,1-3,7-9,17H2. The molecule has 1 aromatic rings. The second kappa shape index (κ2) is 5.60. The fourth-order valence-electron chi connectivity index (χ4n) is 2.72. The van der Waals surface area contributed by atoms with Crippen LogP contribution in [0.15, 0.2) is 18.2 Å². The van der Waals surface area contributed by atoms with E-state index in [-0.39, 0.29) is 5.78 Å².